The molecule has 0 bridgehead atoms. The zero-order chi connectivity index (χ0) is 18.1. The molecule has 0 saturated carbocycles. The average molecular weight is 362 g/mol. The Morgan fingerprint density at radius 2 is 1.77 bits per heavy atom. The summed E-state index contributed by atoms with van der Waals surface area (Å²) in [4.78, 5) is 17.5. The van der Waals surface area contributed by atoms with E-state index in [-0.39, 0.29) is 5.91 Å². The van der Waals surface area contributed by atoms with Gasteiger partial charge in [-0.2, -0.15) is 0 Å². The number of hydrogen-bond acceptors (Lipinski definition) is 3. The Labute approximate surface area is 156 Å². The van der Waals surface area contributed by atoms with Crippen LogP contribution in [0.4, 0.5) is 5.82 Å². The van der Waals surface area contributed by atoms with E-state index in [1.54, 1.807) is 28.3 Å². The van der Waals surface area contributed by atoms with Crippen molar-refractivity contribution in [3.8, 4) is 0 Å². The van der Waals surface area contributed by atoms with Crippen LogP contribution in [0.2, 0.25) is 5.02 Å². The summed E-state index contributed by atoms with van der Waals surface area (Å²) < 4.78 is 0. The van der Waals surface area contributed by atoms with Crippen molar-refractivity contribution in [3.05, 3.63) is 94.6 Å². The monoisotopic (exact) mass is 361 g/mol. The minimum Gasteiger partial charge on any atom is -0.267 e. The van der Waals surface area contributed by atoms with E-state index in [0.717, 1.165) is 16.8 Å². The minimum absolute atomic E-state index is 0.105. The number of amides is 1. The van der Waals surface area contributed by atoms with Crippen molar-refractivity contribution in [2.24, 2.45) is 0 Å². The SMILES string of the molecule is CN(c1ccccn1)N1C(=O)c2ccc(Cl)cc2/C1=C/c1ccccc1. The second kappa shape index (κ2) is 6.65. The standard InChI is InChI=1S/C21H16ClN3O/c1-24(20-9-5-6-12-23-20)25-19(13-15-7-3-2-4-8-15)18-14-16(22)10-11-17(18)21(25)26/h2-14H,1H3/b19-13-. The maximum Gasteiger partial charge on any atom is 0.277 e. The van der Waals surface area contributed by atoms with E-state index in [2.05, 4.69) is 4.98 Å². The van der Waals surface area contributed by atoms with Crippen LogP contribution in [0, 0.1) is 0 Å². The molecule has 0 saturated heterocycles. The number of rotatable bonds is 3. The number of anilines is 1. The van der Waals surface area contributed by atoms with Gasteiger partial charge in [0.1, 0.15) is 5.82 Å². The third-order valence-corrected chi connectivity index (χ3v) is 4.53. The first-order valence-electron chi connectivity index (χ1n) is 8.21. The molecule has 3 aromatic rings. The van der Waals surface area contributed by atoms with Crippen molar-refractivity contribution in [2.75, 3.05) is 12.1 Å². The number of carbonyl (C=O) groups is 1. The summed E-state index contributed by atoms with van der Waals surface area (Å²) in [6, 6.07) is 20.8. The van der Waals surface area contributed by atoms with Crippen LogP contribution in [-0.2, 0) is 0 Å². The number of pyridine rings is 1. The molecule has 0 atom stereocenters. The topological polar surface area (TPSA) is 36.4 Å². The Morgan fingerprint density at radius 3 is 2.50 bits per heavy atom. The van der Waals surface area contributed by atoms with E-state index in [9.17, 15) is 4.79 Å². The number of hydrazine groups is 1. The summed E-state index contributed by atoms with van der Waals surface area (Å²) in [6.45, 7) is 0. The lowest BCUT2D eigenvalue weighted by molar-refractivity contribution is 0.0844. The van der Waals surface area contributed by atoms with Crippen molar-refractivity contribution in [2.45, 2.75) is 0 Å². The number of hydrogen-bond donors (Lipinski definition) is 0. The Hall–Kier alpha value is -3.11. The highest BCUT2D eigenvalue weighted by Crippen LogP contribution is 2.37. The second-order valence-corrected chi connectivity index (χ2v) is 6.40. The first-order chi connectivity index (χ1) is 12.6. The fraction of sp³-hybridized carbons (Fsp3) is 0.0476. The summed E-state index contributed by atoms with van der Waals surface area (Å²) >= 11 is 6.20. The van der Waals surface area contributed by atoms with Crippen LogP contribution < -0.4 is 5.01 Å². The van der Waals surface area contributed by atoms with Gasteiger partial charge in [0.15, 0.2) is 0 Å². The molecule has 0 N–H and O–H groups in total. The van der Waals surface area contributed by atoms with Crippen LogP contribution in [0.25, 0.3) is 11.8 Å². The first-order valence-corrected chi connectivity index (χ1v) is 8.59. The highest BCUT2D eigenvalue weighted by atomic mass is 35.5. The summed E-state index contributed by atoms with van der Waals surface area (Å²) in [6.07, 6.45) is 3.69. The van der Waals surface area contributed by atoms with Gasteiger partial charge in [-0.1, -0.05) is 48.0 Å². The smallest absolute Gasteiger partial charge is 0.267 e. The van der Waals surface area contributed by atoms with Gasteiger partial charge in [-0.3, -0.25) is 9.80 Å². The van der Waals surface area contributed by atoms with E-state index >= 15 is 0 Å². The zero-order valence-corrected chi connectivity index (χ0v) is 14.9. The molecule has 4 rings (SSSR count). The number of benzene rings is 2. The van der Waals surface area contributed by atoms with Gasteiger partial charge in [0.25, 0.3) is 5.91 Å². The van der Waals surface area contributed by atoms with E-state index in [4.69, 9.17) is 11.6 Å². The Kier molecular flexibility index (Phi) is 4.19. The molecular weight excluding hydrogens is 346 g/mol. The Bertz CT molecular complexity index is 987. The number of aromatic nitrogens is 1. The van der Waals surface area contributed by atoms with Crippen molar-refractivity contribution in [1.82, 2.24) is 9.99 Å². The van der Waals surface area contributed by atoms with Crippen molar-refractivity contribution in [1.29, 1.82) is 0 Å². The molecule has 0 fully saturated rings. The van der Waals surface area contributed by atoms with Gasteiger partial charge in [0.2, 0.25) is 0 Å². The van der Waals surface area contributed by atoms with E-state index in [0.29, 0.717) is 16.4 Å². The van der Waals surface area contributed by atoms with Crippen molar-refractivity contribution < 1.29 is 4.79 Å². The minimum atomic E-state index is -0.105. The normalized spacial score (nSPS) is 14.6. The Balaban J connectivity index is 1.87. The van der Waals surface area contributed by atoms with E-state index in [1.165, 1.54) is 0 Å². The second-order valence-electron chi connectivity index (χ2n) is 5.96. The van der Waals surface area contributed by atoms with Crippen LogP contribution in [0.3, 0.4) is 0 Å². The van der Waals surface area contributed by atoms with Crippen molar-refractivity contribution in [3.63, 3.8) is 0 Å². The largest absolute Gasteiger partial charge is 0.277 e. The van der Waals surface area contributed by atoms with Crippen LogP contribution in [-0.4, -0.2) is 22.9 Å². The highest BCUT2D eigenvalue weighted by molar-refractivity contribution is 6.31. The molecule has 1 amide bonds. The molecule has 128 valence electrons. The lowest BCUT2D eigenvalue weighted by Crippen LogP contribution is -2.39. The quantitative estimate of drug-likeness (QED) is 0.676. The molecule has 0 spiro atoms. The van der Waals surface area contributed by atoms with E-state index < -0.39 is 0 Å². The van der Waals surface area contributed by atoms with Gasteiger partial charge in [0, 0.05) is 23.8 Å². The molecular formula is C21H16ClN3O. The molecule has 26 heavy (non-hydrogen) atoms. The Morgan fingerprint density at radius 1 is 1.00 bits per heavy atom. The summed E-state index contributed by atoms with van der Waals surface area (Å²) in [5, 5.41) is 3.99. The molecule has 2 heterocycles. The fourth-order valence-electron chi connectivity index (χ4n) is 3.04. The molecule has 0 radical (unpaired) electrons. The summed E-state index contributed by atoms with van der Waals surface area (Å²) in [7, 11) is 1.83. The maximum absolute atomic E-state index is 13.1. The molecule has 2 aromatic carbocycles. The molecule has 0 unspecified atom stereocenters. The number of halogens is 1. The lowest BCUT2D eigenvalue weighted by Gasteiger charge is -2.30. The third kappa shape index (κ3) is 2.85. The molecule has 4 nitrogen and oxygen atoms in total. The molecule has 5 heteroatoms. The fourth-order valence-corrected chi connectivity index (χ4v) is 3.22. The highest BCUT2D eigenvalue weighted by Gasteiger charge is 2.35. The predicted octanol–water partition coefficient (Wildman–Crippen LogP) is 4.74. The average Bonchev–Trinajstić information content (AvgIpc) is 2.94. The van der Waals surface area contributed by atoms with Gasteiger partial charge in [-0.15, -0.1) is 0 Å². The summed E-state index contributed by atoms with van der Waals surface area (Å²) in [5.74, 6) is 0.575. The molecule has 1 aliphatic rings. The number of nitrogens with zero attached hydrogens (tertiary/aromatic N) is 3. The number of carbonyl (C=O) groups excluding carboxylic acids is 1. The van der Waals surface area contributed by atoms with Gasteiger partial charge < -0.3 is 0 Å². The summed E-state index contributed by atoms with van der Waals surface area (Å²) in [5.41, 5.74) is 3.21. The van der Waals surface area contributed by atoms with E-state index in [1.807, 2.05) is 67.7 Å². The molecule has 0 aliphatic carbocycles. The van der Waals surface area contributed by atoms with Gasteiger partial charge in [-0.25, -0.2) is 9.99 Å². The van der Waals surface area contributed by atoms with Crippen LogP contribution >= 0.6 is 11.6 Å². The van der Waals surface area contributed by atoms with Crippen LogP contribution in [0.1, 0.15) is 21.5 Å². The molecule has 1 aliphatic heterocycles. The maximum atomic E-state index is 13.1. The van der Waals surface area contributed by atoms with Gasteiger partial charge in [0.05, 0.1) is 11.3 Å². The lowest BCUT2D eigenvalue weighted by atomic mass is 10.1. The van der Waals surface area contributed by atoms with Gasteiger partial charge >= 0.3 is 0 Å². The third-order valence-electron chi connectivity index (χ3n) is 4.29. The zero-order valence-electron chi connectivity index (χ0n) is 14.1. The first kappa shape index (κ1) is 16.4. The predicted molar refractivity (Wildman–Crippen MR) is 105 cm³/mol. The van der Waals surface area contributed by atoms with Crippen molar-refractivity contribution >= 4 is 35.1 Å². The van der Waals surface area contributed by atoms with Crippen LogP contribution in [0.5, 0.6) is 0 Å². The molecule has 1 aromatic heterocycles. The van der Waals surface area contributed by atoms with Gasteiger partial charge in [-0.05, 0) is 42.0 Å². The van der Waals surface area contributed by atoms with Crippen LogP contribution in [0.15, 0.2) is 72.9 Å². The number of fused-ring (bicyclic) bond motifs is 1.